The molecule has 0 bridgehead atoms. The molecule has 2 heterocycles. The van der Waals surface area contributed by atoms with Gasteiger partial charge in [-0.25, -0.2) is 17.2 Å². The molecular formula is C23H28F2N4O3S. The van der Waals surface area contributed by atoms with Crippen LogP contribution in [-0.4, -0.2) is 87.3 Å². The lowest BCUT2D eigenvalue weighted by molar-refractivity contribution is -0.132. The standard InChI is InChI=1S/C23H28F2N4O3S/c24-19-2-6-21(7-3-19)27-13-15-28(16-14-27)23(30)18-26-10-1-11-29(17-12-26)33(31,32)22-8-4-20(25)5-9-22/h2-9H,1,10-18H2. The van der Waals surface area contributed by atoms with Crippen LogP contribution in [0.25, 0.3) is 0 Å². The lowest BCUT2D eigenvalue weighted by Gasteiger charge is -2.37. The Balaban J connectivity index is 1.28. The Hall–Kier alpha value is -2.56. The largest absolute Gasteiger partial charge is 0.368 e. The number of benzene rings is 2. The summed E-state index contributed by atoms with van der Waals surface area (Å²) in [6.45, 7) is 4.54. The molecule has 0 atom stereocenters. The van der Waals surface area contributed by atoms with E-state index in [1.165, 1.54) is 28.6 Å². The number of halogens is 2. The van der Waals surface area contributed by atoms with Gasteiger partial charge in [-0.3, -0.25) is 9.69 Å². The van der Waals surface area contributed by atoms with Gasteiger partial charge in [0.05, 0.1) is 11.4 Å². The van der Waals surface area contributed by atoms with Crippen LogP contribution in [0.4, 0.5) is 14.5 Å². The Morgan fingerprint density at radius 1 is 0.758 bits per heavy atom. The average Bonchev–Trinajstić information content (AvgIpc) is 3.06. The number of amides is 1. The van der Waals surface area contributed by atoms with Gasteiger partial charge >= 0.3 is 0 Å². The van der Waals surface area contributed by atoms with Gasteiger partial charge in [0.25, 0.3) is 0 Å². The molecule has 7 nitrogen and oxygen atoms in total. The fourth-order valence-electron chi connectivity index (χ4n) is 4.26. The number of hydrogen-bond acceptors (Lipinski definition) is 5. The smallest absolute Gasteiger partial charge is 0.243 e. The second-order valence-corrected chi connectivity index (χ2v) is 10.3. The third-order valence-electron chi connectivity index (χ3n) is 6.18. The van der Waals surface area contributed by atoms with Crippen molar-refractivity contribution in [1.29, 1.82) is 0 Å². The highest BCUT2D eigenvalue weighted by molar-refractivity contribution is 7.89. The van der Waals surface area contributed by atoms with Gasteiger partial charge < -0.3 is 9.80 Å². The molecule has 0 spiro atoms. The molecular weight excluding hydrogens is 450 g/mol. The molecule has 0 saturated carbocycles. The Bertz CT molecular complexity index is 1060. The third-order valence-corrected chi connectivity index (χ3v) is 8.09. The van der Waals surface area contributed by atoms with Crippen LogP contribution in [0.1, 0.15) is 6.42 Å². The molecule has 1 amide bonds. The molecule has 2 saturated heterocycles. The van der Waals surface area contributed by atoms with E-state index in [0.717, 1.165) is 17.8 Å². The first-order chi connectivity index (χ1) is 15.8. The highest BCUT2D eigenvalue weighted by Crippen LogP contribution is 2.19. The highest BCUT2D eigenvalue weighted by atomic mass is 32.2. The van der Waals surface area contributed by atoms with E-state index in [4.69, 9.17) is 0 Å². The van der Waals surface area contributed by atoms with Gasteiger partial charge in [0.1, 0.15) is 11.6 Å². The van der Waals surface area contributed by atoms with Gasteiger partial charge in [-0.15, -0.1) is 0 Å². The van der Waals surface area contributed by atoms with Gasteiger partial charge in [-0.1, -0.05) is 0 Å². The van der Waals surface area contributed by atoms with Crippen LogP contribution in [-0.2, 0) is 14.8 Å². The van der Waals surface area contributed by atoms with Gasteiger partial charge in [-0.05, 0) is 61.5 Å². The number of nitrogens with zero attached hydrogens (tertiary/aromatic N) is 4. The lowest BCUT2D eigenvalue weighted by Crippen LogP contribution is -2.51. The maximum atomic E-state index is 13.2. The van der Waals surface area contributed by atoms with Crippen molar-refractivity contribution in [3.05, 3.63) is 60.2 Å². The number of hydrogen-bond donors (Lipinski definition) is 0. The summed E-state index contributed by atoms with van der Waals surface area (Å²) in [5.41, 5.74) is 0.943. The van der Waals surface area contributed by atoms with E-state index in [2.05, 4.69) is 4.90 Å². The fraction of sp³-hybridized carbons (Fsp3) is 0.435. The molecule has 2 fully saturated rings. The zero-order valence-corrected chi connectivity index (χ0v) is 19.2. The van der Waals surface area contributed by atoms with Crippen molar-refractivity contribution >= 4 is 21.6 Å². The minimum Gasteiger partial charge on any atom is -0.368 e. The zero-order chi connectivity index (χ0) is 23.4. The normalized spacial score (nSPS) is 18.8. The molecule has 4 rings (SSSR count). The number of sulfonamides is 1. The zero-order valence-electron chi connectivity index (χ0n) is 18.4. The summed E-state index contributed by atoms with van der Waals surface area (Å²) in [7, 11) is -3.69. The summed E-state index contributed by atoms with van der Waals surface area (Å²) in [4.78, 5) is 18.9. The second kappa shape index (κ2) is 10.1. The summed E-state index contributed by atoms with van der Waals surface area (Å²) in [6, 6.07) is 11.2. The van der Waals surface area contributed by atoms with Crippen molar-refractivity contribution in [2.45, 2.75) is 11.3 Å². The van der Waals surface area contributed by atoms with Crippen molar-refractivity contribution < 1.29 is 22.0 Å². The van der Waals surface area contributed by atoms with E-state index in [-0.39, 0.29) is 29.7 Å². The second-order valence-electron chi connectivity index (χ2n) is 8.33. The van der Waals surface area contributed by atoms with Gasteiger partial charge in [0.2, 0.25) is 15.9 Å². The van der Waals surface area contributed by atoms with Crippen molar-refractivity contribution in [3.8, 4) is 0 Å². The monoisotopic (exact) mass is 478 g/mol. The van der Waals surface area contributed by atoms with Gasteiger partial charge in [-0.2, -0.15) is 4.31 Å². The van der Waals surface area contributed by atoms with Crippen LogP contribution >= 0.6 is 0 Å². The molecule has 2 aliphatic heterocycles. The lowest BCUT2D eigenvalue weighted by atomic mass is 10.2. The molecule has 0 aliphatic carbocycles. The van der Waals surface area contributed by atoms with Crippen LogP contribution < -0.4 is 4.90 Å². The topological polar surface area (TPSA) is 64.2 Å². The minimum absolute atomic E-state index is 0.0311. The summed E-state index contributed by atoms with van der Waals surface area (Å²) in [5.74, 6) is -0.717. The Morgan fingerprint density at radius 3 is 2.00 bits per heavy atom. The molecule has 2 aromatic rings. The van der Waals surface area contributed by atoms with E-state index in [1.807, 2.05) is 9.80 Å². The number of anilines is 1. The van der Waals surface area contributed by atoms with Crippen LogP contribution in [0, 0.1) is 11.6 Å². The first-order valence-electron chi connectivity index (χ1n) is 11.1. The highest BCUT2D eigenvalue weighted by Gasteiger charge is 2.29. The molecule has 2 aromatic carbocycles. The molecule has 2 aliphatic rings. The molecule has 10 heteroatoms. The summed E-state index contributed by atoms with van der Waals surface area (Å²) >= 11 is 0. The number of carbonyl (C=O) groups excluding carboxylic acids is 1. The fourth-order valence-corrected chi connectivity index (χ4v) is 5.73. The molecule has 33 heavy (non-hydrogen) atoms. The molecule has 0 N–H and O–H groups in total. The van der Waals surface area contributed by atoms with E-state index >= 15 is 0 Å². The van der Waals surface area contributed by atoms with Crippen LogP contribution in [0.5, 0.6) is 0 Å². The summed E-state index contributed by atoms with van der Waals surface area (Å²) in [6.07, 6.45) is 0.617. The van der Waals surface area contributed by atoms with Crippen LogP contribution in [0.15, 0.2) is 53.4 Å². The number of rotatable bonds is 5. The molecule has 0 radical (unpaired) electrons. The predicted molar refractivity (Wildman–Crippen MR) is 121 cm³/mol. The first kappa shape index (κ1) is 23.6. The van der Waals surface area contributed by atoms with Crippen LogP contribution in [0.2, 0.25) is 0 Å². The van der Waals surface area contributed by atoms with Crippen molar-refractivity contribution in [3.63, 3.8) is 0 Å². The minimum atomic E-state index is -3.69. The van der Waals surface area contributed by atoms with Crippen molar-refractivity contribution in [1.82, 2.24) is 14.1 Å². The maximum Gasteiger partial charge on any atom is 0.243 e. The Morgan fingerprint density at radius 2 is 1.36 bits per heavy atom. The first-order valence-corrected chi connectivity index (χ1v) is 12.5. The predicted octanol–water partition coefficient (Wildman–Crippen LogP) is 2.01. The SMILES string of the molecule is O=C(CN1CCCN(S(=O)(=O)c2ccc(F)cc2)CC1)N1CCN(c2ccc(F)cc2)CC1. The Kier molecular flexibility index (Phi) is 7.26. The Labute approximate surface area is 193 Å². The molecule has 0 aromatic heterocycles. The van der Waals surface area contributed by atoms with Crippen molar-refractivity contribution in [2.75, 3.05) is 63.8 Å². The van der Waals surface area contributed by atoms with E-state index < -0.39 is 15.8 Å². The maximum absolute atomic E-state index is 13.2. The van der Waals surface area contributed by atoms with Crippen LogP contribution in [0.3, 0.4) is 0 Å². The van der Waals surface area contributed by atoms with Gasteiger partial charge in [0, 0.05) is 51.5 Å². The number of piperazine rings is 1. The van der Waals surface area contributed by atoms with Crippen molar-refractivity contribution in [2.24, 2.45) is 0 Å². The third kappa shape index (κ3) is 5.69. The van der Waals surface area contributed by atoms with Gasteiger partial charge in [0.15, 0.2) is 0 Å². The van der Waals surface area contributed by atoms with E-state index in [9.17, 15) is 22.0 Å². The molecule has 0 unspecified atom stereocenters. The summed E-state index contributed by atoms with van der Waals surface area (Å²) < 4.78 is 53.5. The number of carbonyl (C=O) groups is 1. The average molecular weight is 479 g/mol. The van der Waals surface area contributed by atoms with E-state index in [0.29, 0.717) is 52.2 Å². The summed E-state index contributed by atoms with van der Waals surface area (Å²) in [5, 5.41) is 0. The quantitative estimate of drug-likeness (QED) is 0.658. The van der Waals surface area contributed by atoms with E-state index in [1.54, 1.807) is 12.1 Å². The molecule has 178 valence electrons.